The molecule has 0 spiro atoms. The normalized spacial score (nSPS) is 12.9. The Hall–Kier alpha value is -2.07. The van der Waals surface area contributed by atoms with Crippen molar-refractivity contribution in [1.29, 1.82) is 0 Å². The van der Waals surface area contributed by atoms with E-state index in [0.29, 0.717) is 6.04 Å². The summed E-state index contributed by atoms with van der Waals surface area (Å²) in [5, 5.41) is 9.50. The Morgan fingerprint density at radius 1 is 1.21 bits per heavy atom. The highest BCUT2D eigenvalue weighted by molar-refractivity contribution is 5.85. The standard InChI is InChI=1S/C20H28N4/c1-6-19-16(5)18-10-17(7-8-20(18)22-19)11-21-14(3)12-24-15(4)9-13(2)23-24/h7-10,14,21-22H,6,11-12H2,1-5H3. The fourth-order valence-corrected chi connectivity index (χ4v) is 3.37. The van der Waals surface area contributed by atoms with Crippen LogP contribution >= 0.6 is 0 Å². The first-order valence-corrected chi connectivity index (χ1v) is 8.82. The van der Waals surface area contributed by atoms with E-state index in [1.165, 1.54) is 33.4 Å². The van der Waals surface area contributed by atoms with Gasteiger partial charge in [0.2, 0.25) is 0 Å². The van der Waals surface area contributed by atoms with E-state index in [1.54, 1.807) is 0 Å². The lowest BCUT2D eigenvalue weighted by atomic mass is 10.1. The van der Waals surface area contributed by atoms with Crippen LogP contribution in [0.4, 0.5) is 0 Å². The van der Waals surface area contributed by atoms with Gasteiger partial charge in [0.25, 0.3) is 0 Å². The van der Waals surface area contributed by atoms with Crippen molar-refractivity contribution < 1.29 is 0 Å². The van der Waals surface area contributed by atoms with Crippen LogP contribution in [0.15, 0.2) is 24.3 Å². The monoisotopic (exact) mass is 324 g/mol. The van der Waals surface area contributed by atoms with E-state index in [1.807, 2.05) is 6.92 Å². The van der Waals surface area contributed by atoms with E-state index < -0.39 is 0 Å². The predicted molar refractivity (Wildman–Crippen MR) is 100 cm³/mol. The molecule has 0 saturated carbocycles. The first kappa shape index (κ1) is 16.8. The highest BCUT2D eigenvalue weighted by atomic mass is 15.3. The number of benzene rings is 1. The molecule has 1 atom stereocenters. The molecule has 1 aromatic carbocycles. The number of nitrogens with one attached hydrogen (secondary N) is 2. The molecule has 3 aromatic rings. The molecule has 2 aromatic heterocycles. The number of aromatic amines is 1. The minimum Gasteiger partial charge on any atom is -0.358 e. The van der Waals surface area contributed by atoms with Crippen molar-refractivity contribution in [1.82, 2.24) is 20.1 Å². The van der Waals surface area contributed by atoms with Crippen LogP contribution in [0.25, 0.3) is 10.9 Å². The molecule has 0 aliphatic carbocycles. The average Bonchev–Trinajstić information content (AvgIpc) is 3.04. The molecule has 0 aliphatic heterocycles. The van der Waals surface area contributed by atoms with Crippen LogP contribution in [0, 0.1) is 20.8 Å². The van der Waals surface area contributed by atoms with Crippen LogP contribution in [0.1, 0.15) is 42.1 Å². The van der Waals surface area contributed by atoms with Crippen molar-refractivity contribution in [3.05, 3.63) is 52.5 Å². The minimum absolute atomic E-state index is 0.372. The number of rotatable bonds is 6. The molecule has 24 heavy (non-hydrogen) atoms. The van der Waals surface area contributed by atoms with Gasteiger partial charge in [0.05, 0.1) is 12.2 Å². The number of H-pyrrole nitrogens is 1. The molecule has 4 nitrogen and oxygen atoms in total. The van der Waals surface area contributed by atoms with Gasteiger partial charge in [0.15, 0.2) is 0 Å². The molecule has 0 bridgehead atoms. The summed E-state index contributed by atoms with van der Waals surface area (Å²) in [4.78, 5) is 3.51. The summed E-state index contributed by atoms with van der Waals surface area (Å²) >= 11 is 0. The summed E-state index contributed by atoms with van der Waals surface area (Å²) in [7, 11) is 0. The number of hydrogen-bond donors (Lipinski definition) is 2. The lowest BCUT2D eigenvalue weighted by molar-refractivity contribution is 0.444. The number of hydrogen-bond acceptors (Lipinski definition) is 2. The van der Waals surface area contributed by atoms with Gasteiger partial charge in [-0.25, -0.2) is 0 Å². The van der Waals surface area contributed by atoms with Crippen LogP contribution < -0.4 is 5.32 Å². The van der Waals surface area contributed by atoms with E-state index in [2.05, 4.69) is 72.0 Å². The second kappa shape index (κ2) is 6.81. The first-order chi connectivity index (χ1) is 11.5. The summed E-state index contributed by atoms with van der Waals surface area (Å²) in [5.41, 5.74) is 7.59. The summed E-state index contributed by atoms with van der Waals surface area (Å²) < 4.78 is 2.08. The zero-order chi connectivity index (χ0) is 17.3. The van der Waals surface area contributed by atoms with Crippen molar-refractivity contribution >= 4 is 10.9 Å². The minimum atomic E-state index is 0.372. The Morgan fingerprint density at radius 3 is 2.67 bits per heavy atom. The SMILES string of the molecule is CCc1[nH]c2ccc(CNC(C)Cn3nc(C)cc3C)cc2c1C. The summed E-state index contributed by atoms with van der Waals surface area (Å²) in [6.07, 6.45) is 1.05. The van der Waals surface area contributed by atoms with Gasteiger partial charge in [0, 0.05) is 34.9 Å². The van der Waals surface area contributed by atoms with E-state index in [-0.39, 0.29) is 0 Å². The molecule has 128 valence electrons. The van der Waals surface area contributed by atoms with E-state index >= 15 is 0 Å². The third kappa shape index (κ3) is 3.39. The molecule has 2 N–H and O–H groups in total. The zero-order valence-corrected chi connectivity index (χ0v) is 15.4. The van der Waals surface area contributed by atoms with Crippen LogP contribution in [-0.4, -0.2) is 20.8 Å². The molecule has 1 unspecified atom stereocenters. The highest BCUT2D eigenvalue weighted by Crippen LogP contribution is 2.23. The number of aryl methyl sites for hydroxylation is 4. The molecule has 4 heteroatoms. The lowest BCUT2D eigenvalue weighted by Crippen LogP contribution is -2.30. The van der Waals surface area contributed by atoms with Gasteiger partial charge < -0.3 is 10.3 Å². The number of nitrogens with zero attached hydrogens (tertiary/aromatic N) is 2. The maximum absolute atomic E-state index is 4.54. The van der Waals surface area contributed by atoms with E-state index in [4.69, 9.17) is 0 Å². The summed E-state index contributed by atoms with van der Waals surface area (Å²) in [5.74, 6) is 0. The van der Waals surface area contributed by atoms with Crippen molar-refractivity contribution in [3.63, 3.8) is 0 Å². The van der Waals surface area contributed by atoms with Crippen LogP contribution in [0.3, 0.4) is 0 Å². The Kier molecular flexibility index (Phi) is 4.76. The second-order valence-corrected chi connectivity index (χ2v) is 6.85. The van der Waals surface area contributed by atoms with Gasteiger partial charge in [-0.2, -0.15) is 5.10 Å². The van der Waals surface area contributed by atoms with Gasteiger partial charge in [0.1, 0.15) is 0 Å². The highest BCUT2D eigenvalue weighted by Gasteiger charge is 2.09. The van der Waals surface area contributed by atoms with Crippen molar-refractivity contribution in [2.75, 3.05) is 0 Å². The molecule has 2 heterocycles. The van der Waals surface area contributed by atoms with Gasteiger partial charge in [-0.15, -0.1) is 0 Å². The van der Waals surface area contributed by atoms with Gasteiger partial charge >= 0.3 is 0 Å². The second-order valence-electron chi connectivity index (χ2n) is 6.85. The molecule has 0 fully saturated rings. The number of fused-ring (bicyclic) bond motifs is 1. The molecule has 0 amide bonds. The molecule has 0 aliphatic rings. The maximum Gasteiger partial charge on any atom is 0.0596 e. The zero-order valence-electron chi connectivity index (χ0n) is 15.4. The predicted octanol–water partition coefficient (Wildman–Crippen LogP) is 4.03. The average molecular weight is 324 g/mol. The van der Waals surface area contributed by atoms with Gasteiger partial charge in [-0.1, -0.05) is 13.0 Å². The third-order valence-corrected chi connectivity index (χ3v) is 4.78. The van der Waals surface area contributed by atoms with Gasteiger partial charge in [-0.3, -0.25) is 4.68 Å². The molecule has 0 radical (unpaired) electrons. The summed E-state index contributed by atoms with van der Waals surface area (Å²) in [6.45, 7) is 12.5. The van der Waals surface area contributed by atoms with Crippen molar-refractivity contribution in [2.45, 2.75) is 60.2 Å². The molecule has 3 rings (SSSR count). The third-order valence-electron chi connectivity index (χ3n) is 4.78. The number of aromatic nitrogens is 3. The molecular weight excluding hydrogens is 296 g/mol. The van der Waals surface area contributed by atoms with E-state index in [9.17, 15) is 0 Å². The van der Waals surface area contributed by atoms with Crippen LogP contribution in [-0.2, 0) is 19.5 Å². The Labute approximate surface area is 144 Å². The lowest BCUT2D eigenvalue weighted by Gasteiger charge is -2.15. The topological polar surface area (TPSA) is 45.6 Å². The van der Waals surface area contributed by atoms with Crippen LogP contribution in [0.2, 0.25) is 0 Å². The van der Waals surface area contributed by atoms with Crippen molar-refractivity contribution in [3.8, 4) is 0 Å². The van der Waals surface area contributed by atoms with E-state index in [0.717, 1.165) is 25.2 Å². The molecular formula is C20H28N4. The van der Waals surface area contributed by atoms with Crippen LogP contribution in [0.5, 0.6) is 0 Å². The van der Waals surface area contributed by atoms with Crippen molar-refractivity contribution in [2.24, 2.45) is 0 Å². The smallest absolute Gasteiger partial charge is 0.0596 e. The Balaban J connectivity index is 1.66. The molecule has 0 saturated heterocycles. The Morgan fingerprint density at radius 2 is 2.00 bits per heavy atom. The first-order valence-electron chi connectivity index (χ1n) is 8.82. The fraction of sp³-hybridized carbons (Fsp3) is 0.450. The van der Waals surface area contributed by atoms with Gasteiger partial charge in [-0.05, 0) is 63.4 Å². The Bertz CT molecular complexity index is 841. The maximum atomic E-state index is 4.54. The fourth-order valence-electron chi connectivity index (χ4n) is 3.37. The quantitative estimate of drug-likeness (QED) is 0.719. The largest absolute Gasteiger partial charge is 0.358 e. The summed E-state index contributed by atoms with van der Waals surface area (Å²) in [6, 6.07) is 9.21.